The number of amides is 1. The van der Waals surface area contributed by atoms with Gasteiger partial charge in [0.1, 0.15) is 11.9 Å². The van der Waals surface area contributed by atoms with Crippen molar-refractivity contribution in [3.63, 3.8) is 0 Å². The molecule has 0 aliphatic heterocycles. The molecule has 1 rings (SSSR count). The summed E-state index contributed by atoms with van der Waals surface area (Å²) in [6, 6.07) is 5.10. The monoisotopic (exact) mass is 180 g/mol. The van der Waals surface area contributed by atoms with Gasteiger partial charge in [0.2, 0.25) is 0 Å². The van der Waals surface area contributed by atoms with Crippen molar-refractivity contribution in [1.82, 2.24) is 0 Å². The van der Waals surface area contributed by atoms with Crippen LogP contribution in [0.4, 0.5) is 14.9 Å². The average Bonchev–Trinajstić information content (AvgIpc) is 2.03. The van der Waals surface area contributed by atoms with Gasteiger partial charge in [-0.2, -0.15) is 5.26 Å². The third kappa shape index (κ3) is 2.17. The van der Waals surface area contributed by atoms with Crippen molar-refractivity contribution in [3.05, 3.63) is 29.6 Å². The third-order valence-electron chi connectivity index (χ3n) is 1.34. The zero-order valence-electron chi connectivity index (χ0n) is 6.41. The summed E-state index contributed by atoms with van der Waals surface area (Å²) >= 11 is 0. The third-order valence-corrected chi connectivity index (χ3v) is 1.34. The molecule has 0 saturated heterocycles. The summed E-state index contributed by atoms with van der Waals surface area (Å²) in [5.41, 5.74) is -0.0139. The molecular weight excluding hydrogens is 175 g/mol. The maximum atomic E-state index is 12.8. The SMILES string of the molecule is N#Cc1ccc(NC(=O)O)cc1F. The van der Waals surface area contributed by atoms with Gasteiger partial charge in [-0.05, 0) is 18.2 Å². The molecule has 1 aromatic carbocycles. The van der Waals surface area contributed by atoms with E-state index < -0.39 is 11.9 Å². The van der Waals surface area contributed by atoms with Crippen LogP contribution in [0.15, 0.2) is 18.2 Å². The lowest BCUT2D eigenvalue weighted by Crippen LogP contribution is -2.07. The van der Waals surface area contributed by atoms with Crippen LogP contribution in [-0.2, 0) is 0 Å². The van der Waals surface area contributed by atoms with Gasteiger partial charge in [-0.3, -0.25) is 5.32 Å². The molecular formula is C8H5FN2O2. The molecule has 13 heavy (non-hydrogen) atoms. The lowest BCUT2D eigenvalue weighted by molar-refractivity contribution is 0.210. The van der Waals surface area contributed by atoms with E-state index in [0.717, 1.165) is 6.07 Å². The van der Waals surface area contributed by atoms with Gasteiger partial charge < -0.3 is 5.11 Å². The van der Waals surface area contributed by atoms with E-state index in [2.05, 4.69) is 0 Å². The van der Waals surface area contributed by atoms with E-state index in [1.54, 1.807) is 6.07 Å². The zero-order chi connectivity index (χ0) is 9.84. The van der Waals surface area contributed by atoms with E-state index in [9.17, 15) is 9.18 Å². The minimum atomic E-state index is -1.27. The van der Waals surface area contributed by atoms with Crippen LogP contribution in [-0.4, -0.2) is 11.2 Å². The number of halogens is 1. The second-order valence-corrected chi connectivity index (χ2v) is 2.24. The Morgan fingerprint density at radius 3 is 2.77 bits per heavy atom. The van der Waals surface area contributed by atoms with E-state index in [1.165, 1.54) is 12.1 Å². The first-order chi connectivity index (χ1) is 6.13. The number of rotatable bonds is 1. The zero-order valence-corrected chi connectivity index (χ0v) is 6.41. The molecule has 4 nitrogen and oxygen atoms in total. The van der Waals surface area contributed by atoms with Crippen LogP contribution in [0.1, 0.15) is 5.56 Å². The van der Waals surface area contributed by atoms with Crippen LogP contribution in [0, 0.1) is 17.1 Å². The quantitative estimate of drug-likeness (QED) is 0.691. The average molecular weight is 180 g/mol. The number of nitriles is 1. The highest BCUT2D eigenvalue weighted by atomic mass is 19.1. The van der Waals surface area contributed by atoms with Gasteiger partial charge in [0.15, 0.2) is 0 Å². The molecule has 0 aliphatic rings. The Morgan fingerprint density at radius 2 is 2.31 bits per heavy atom. The van der Waals surface area contributed by atoms with Crippen LogP contribution in [0.2, 0.25) is 0 Å². The van der Waals surface area contributed by atoms with Crippen LogP contribution < -0.4 is 5.32 Å². The highest BCUT2D eigenvalue weighted by molar-refractivity contribution is 5.82. The lowest BCUT2D eigenvalue weighted by Gasteiger charge is -2.00. The van der Waals surface area contributed by atoms with Crippen molar-refractivity contribution < 1.29 is 14.3 Å². The summed E-state index contributed by atoms with van der Waals surface area (Å²) in [7, 11) is 0. The first-order valence-electron chi connectivity index (χ1n) is 3.33. The molecule has 0 bridgehead atoms. The van der Waals surface area contributed by atoms with Gasteiger partial charge in [0, 0.05) is 5.69 Å². The smallest absolute Gasteiger partial charge is 0.409 e. The van der Waals surface area contributed by atoms with Crippen molar-refractivity contribution in [2.75, 3.05) is 5.32 Å². The number of nitrogens with zero attached hydrogens (tertiary/aromatic N) is 1. The van der Waals surface area contributed by atoms with Gasteiger partial charge >= 0.3 is 6.09 Å². The Morgan fingerprint density at radius 1 is 1.62 bits per heavy atom. The number of carbonyl (C=O) groups is 1. The predicted molar refractivity (Wildman–Crippen MR) is 42.8 cm³/mol. The van der Waals surface area contributed by atoms with Crippen LogP contribution in [0.25, 0.3) is 0 Å². The van der Waals surface area contributed by atoms with Crippen molar-refractivity contribution in [1.29, 1.82) is 5.26 Å². The molecule has 0 radical (unpaired) electrons. The first-order valence-corrected chi connectivity index (χ1v) is 3.33. The molecule has 0 spiro atoms. The Kier molecular flexibility index (Phi) is 2.45. The van der Waals surface area contributed by atoms with E-state index in [-0.39, 0.29) is 11.3 Å². The molecule has 1 aromatic rings. The molecule has 0 saturated carbocycles. The summed E-state index contributed by atoms with van der Waals surface area (Å²) in [5.74, 6) is -0.742. The van der Waals surface area contributed by atoms with Crippen LogP contribution in [0.5, 0.6) is 0 Å². The second kappa shape index (κ2) is 3.54. The maximum Gasteiger partial charge on any atom is 0.409 e. The largest absolute Gasteiger partial charge is 0.465 e. The number of hydrogen-bond acceptors (Lipinski definition) is 2. The van der Waals surface area contributed by atoms with Gasteiger partial charge in [0.25, 0.3) is 0 Å². The molecule has 5 heteroatoms. The van der Waals surface area contributed by atoms with Crippen molar-refractivity contribution in [2.24, 2.45) is 0 Å². The second-order valence-electron chi connectivity index (χ2n) is 2.24. The Balaban J connectivity index is 2.97. The molecule has 66 valence electrons. The van der Waals surface area contributed by atoms with Crippen LogP contribution >= 0.6 is 0 Å². The fourth-order valence-corrected chi connectivity index (χ4v) is 0.807. The number of nitrogens with one attached hydrogen (secondary N) is 1. The number of hydrogen-bond donors (Lipinski definition) is 2. The molecule has 0 aliphatic carbocycles. The van der Waals surface area contributed by atoms with Gasteiger partial charge in [-0.1, -0.05) is 0 Å². The minimum Gasteiger partial charge on any atom is -0.465 e. The summed E-state index contributed by atoms with van der Waals surface area (Å²) in [4.78, 5) is 10.1. The topological polar surface area (TPSA) is 73.1 Å². The number of anilines is 1. The van der Waals surface area contributed by atoms with E-state index in [4.69, 9.17) is 10.4 Å². The molecule has 1 amide bonds. The molecule has 0 unspecified atom stereocenters. The lowest BCUT2D eigenvalue weighted by atomic mass is 10.2. The Hall–Kier alpha value is -2.09. The summed E-state index contributed by atoms with van der Waals surface area (Å²) in [5, 5.41) is 18.6. The van der Waals surface area contributed by atoms with Gasteiger partial charge in [-0.15, -0.1) is 0 Å². The first kappa shape index (κ1) is 9.00. The summed E-state index contributed by atoms with van der Waals surface area (Å²) < 4.78 is 12.8. The van der Waals surface area contributed by atoms with Crippen molar-refractivity contribution in [3.8, 4) is 6.07 Å². The molecule has 0 fully saturated rings. The highest BCUT2D eigenvalue weighted by Crippen LogP contribution is 2.13. The minimum absolute atomic E-state index is 0.101. The summed E-state index contributed by atoms with van der Waals surface area (Å²) in [6.07, 6.45) is -1.27. The van der Waals surface area contributed by atoms with E-state index in [0.29, 0.717) is 0 Å². The highest BCUT2D eigenvalue weighted by Gasteiger charge is 2.03. The molecule has 0 atom stereocenters. The fourth-order valence-electron chi connectivity index (χ4n) is 0.807. The standard InChI is InChI=1S/C8H5FN2O2/c9-7-3-6(11-8(12)13)2-1-5(7)4-10/h1-3,11H,(H,12,13). The maximum absolute atomic E-state index is 12.8. The Bertz CT molecular complexity index is 384. The summed E-state index contributed by atoms with van der Waals surface area (Å²) in [6.45, 7) is 0. The van der Waals surface area contributed by atoms with E-state index in [1.807, 2.05) is 5.32 Å². The number of benzene rings is 1. The molecule has 2 N–H and O–H groups in total. The van der Waals surface area contributed by atoms with Crippen LogP contribution in [0.3, 0.4) is 0 Å². The predicted octanol–water partition coefficient (Wildman–Crippen LogP) is 1.79. The van der Waals surface area contributed by atoms with Gasteiger partial charge in [0.05, 0.1) is 5.56 Å². The molecule has 0 aromatic heterocycles. The fraction of sp³-hybridized carbons (Fsp3) is 0. The van der Waals surface area contributed by atoms with Gasteiger partial charge in [-0.25, -0.2) is 9.18 Å². The van der Waals surface area contributed by atoms with Crippen molar-refractivity contribution >= 4 is 11.8 Å². The van der Waals surface area contributed by atoms with E-state index >= 15 is 0 Å². The normalized spacial score (nSPS) is 8.92. The Labute approximate surface area is 73.2 Å². The number of carboxylic acid groups (broad SMARTS) is 1. The van der Waals surface area contributed by atoms with Crippen molar-refractivity contribution in [2.45, 2.75) is 0 Å². The molecule has 0 heterocycles.